The summed E-state index contributed by atoms with van der Waals surface area (Å²) in [5.74, 6) is -0.244. The number of carbonyl (C=O) groups excluding carboxylic acids is 2. The van der Waals surface area contributed by atoms with Gasteiger partial charge in [-0.25, -0.2) is 8.42 Å². The summed E-state index contributed by atoms with van der Waals surface area (Å²) in [6, 6.07) is 15.3. The van der Waals surface area contributed by atoms with Gasteiger partial charge in [-0.3, -0.25) is 13.9 Å². The van der Waals surface area contributed by atoms with Crippen molar-refractivity contribution in [3.8, 4) is 17.2 Å². The van der Waals surface area contributed by atoms with Crippen molar-refractivity contribution in [2.24, 2.45) is 0 Å². The van der Waals surface area contributed by atoms with Gasteiger partial charge in [0.05, 0.1) is 31.9 Å². The summed E-state index contributed by atoms with van der Waals surface area (Å²) in [4.78, 5) is 29.2. The van der Waals surface area contributed by atoms with Crippen LogP contribution < -0.4 is 23.8 Å². The largest absolute Gasteiger partial charge is 0.495 e. The maximum absolute atomic E-state index is 14.4. The molecule has 45 heavy (non-hydrogen) atoms. The molecule has 0 saturated heterocycles. The van der Waals surface area contributed by atoms with Gasteiger partial charge in [0.25, 0.3) is 10.0 Å². The smallest absolute Gasteiger partial charge is 0.265 e. The second kappa shape index (κ2) is 14.9. The lowest BCUT2D eigenvalue weighted by atomic mass is 10.0. The first-order valence-corrected chi connectivity index (χ1v) is 16.2. The first kappa shape index (κ1) is 35.5. The Morgan fingerprint density at radius 1 is 0.911 bits per heavy atom. The Balaban J connectivity index is 2.19. The highest BCUT2D eigenvalue weighted by Crippen LogP contribution is 2.37. The van der Waals surface area contributed by atoms with Crippen LogP contribution in [0.3, 0.4) is 0 Å². The lowest BCUT2D eigenvalue weighted by Gasteiger charge is -2.35. The Bertz CT molecular complexity index is 1620. The Morgan fingerprint density at radius 3 is 2.13 bits per heavy atom. The van der Waals surface area contributed by atoms with Gasteiger partial charge in [0.1, 0.15) is 18.3 Å². The van der Waals surface area contributed by atoms with Gasteiger partial charge in [0.15, 0.2) is 11.5 Å². The first-order valence-electron chi connectivity index (χ1n) is 14.4. The van der Waals surface area contributed by atoms with Gasteiger partial charge in [-0.05, 0) is 70.0 Å². The number of hydrogen-bond acceptors (Lipinski definition) is 7. The molecule has 0 heterocycles. The molecule has 0 unspecified atom stereocenters. The molecule has 0 aliphatic carbocycles. The van der Waals surface area contributed by atoms with Crippen molar-refractivity contribution in [3.63, 3.8) is 0 Å². The zero-order valence-corrected chi connectivity index (χ0v) is 28.6. The third kappa shape index (κ3) is 8.82. The summed E-state index contributed by atoms with van der Waals surface area (Å²) < 4.78 is 45.9. The fraction of sp³-hybridized carbons (Fsp3) is 0.394. The van der Waals surface area contributed by atoms with Crippen LogP contribution >= 0.6 is 11.6 Å². The number of amides is 2. The average molecular weight is 660 g/mol. The fourth-order valence-electron chi connectivity index (χ4n) is 4.86. The van der Waals surface area contributed by atoms with E-state index in [1.54, 1.807) is 6.07 Å². The van der Waals surface area contributed by atoms with Crippen molar-refractivity contribution >= 4 is 39.1 Å². The highest BCUT2D eigenvalue weighted by Gasteiger charge is 2.36. The second-order valence-electron chi connectivity index (χ2n) is 11.5. The van der Waals surface area contributed by atoms with Gasteiger partial charge in [-0.2, -0.15) is 0 Å². The maximum Gasteiger partial charge on any atom is 0.265 e. The van der Waals surface area contributed by atoms with E-state index in [1.807, 2.05) is 58.9 Å². The molecule has 0 aliphatic heterocycles. The minimum Gasteiger partial charge on any atom is -0.495 e. The molecule has 0 radical (unpaired) electrons. The van der Waals surface area contributed by atoms with Crippen molar-refractivity contribution in [1.82, 2.24) is 10.2 Å². The van der Waals surface area contributed by atoms with Gasteiger partial charge in [-0.15, -0.1) is 0 Å². The van der Waals surface area contributed by atoms with E-state index in [9.17, 15) is 18.0 Å². The molecule has 0 aliphatic rings. The molecule has 3 aromatic carbocycles. The van der Waals surface area contributed by atoms with E-state index in [0.717, 1.165) is 15.4 Å². The van der Waals surface area contributed by atoms with Gasteiger partial charge >= 0.3 is 0 Å². The van der Waals surface area contributed by atoms with Crippen LogP contribution in [0.5, 0.6) is 17.2 Å². The molecular weight excluding hydrogens is 618 g/mol. The molecule has 0 bridgehead atoms. The topological polar surface area (TPSA) is 114 Å². The minimum absolute atomic E-state index is 0.0517. The van der Waals surface area contributed by atoms with Crippen molar-refractivity contribution in [3.05, 3.63) is 76.8 Å². The van der Waals surface area contributed by atoms with Crippen LogP contribution in [-0.2, 0) is 26.2 Å². The Labute approximate surface area is 271 Å². The van der Waals surface area contributed by atoms with Gasteiger partial charge in [0.2, 0.25) is 11.8 Å². The molecule has 12 heteroatoms. The number of methoxy groups -OCH3 is 3. The summed E-state index contributed by atoms with van der Waals surface area (Å²) in [6.07, 6.45) is 0.294. The van der Waals surface area contributed by atoms with Crippen LogP contribution in [0.15, 0.2) is 65.6 Å². The lowest BCUT2D eigenvalue weighted by molar-refractivity contribution is -0.141. The number of hydrogen-bond donors (Lipinski definition) is 1. The highest BCUT2D eigenvalue weighted by atomic mass is 35.5. The molecule has 3 aromatic rings. The van der Waals surface area contributed by atoms with E-state index >= 15 is 0 Å². The van der Waals surface area contributed by atoms with Crippen LogP contribution in [-0.4, -0.2) is 64.6 Å². The van der Waals surface area contributed by atoms with Crippen LogP contribution in [0.2, 0.25) is 5.02 Å². The number of nitrogens with one attached hydrogen (secondary N) is 1. The molecule has 3 rings (SSSR count). The number of rotatable bonds is 13. The van der Waals surface area contributed by atoms with Gasteiger partial charge in [0, 0.05) is 23.2 Å². The molecule has 0 aromatic heterocycles. The predicted octanol–water partition coefficient (Wildman–Crippen LogP) is 5.59. The van der Waals surface area contributed by atoms with E-state index in [4.69, 9.17) is 25.8 Å². The molecule has 1 atom stereocenters. The number of carbonyl (C=O) groups is 2. The fourth-order valence-corrected chi connectivity index (χ4v) is 6.45. The highest BCUT2D eigenvalue weighted by molar-refractivity contribution is 7.92. The summed E-state index contributed by atoms with van der Waals surface area (Å²) in [5, 5.41) is 3.20. The number of benzene rings is 3. The van der Waals surface area contributed by atoms with Crippen molar-refractivity contribution in [2.75, 3.05) is 32.2 Å². The maximum atomic E-state index is 14.4. The van der Waals surface area contributed by atoms with Crippen molar-refractivity contribution in [2.45, 2.75) is 64.1 Å². The summed E-state index contributed by atoms with van der Waals surface area (Å²) in [7, 11) is -0.211. The average Bonchev–Trinajstić information content (AvgIpc) is 2.98. The van der Waals surface area contributed by atoms with E-state index < -0.39 is 34.1 Å². The Morgan fingerprint density at radius 2 is 1.56 bits per heavy atom. The summed E-state index contributed by atoms with van der Waals surface area (Å²) in [6.45, 7) is 8.73. The first-order chi connectivity index (χ1) is 21.1. The van der Waals surface area contributed by atoms with Crippen LogP contribution in [0.4, 0.5) is 5.69 Å². The van der Waals surface area contributed by atoms with Crippen molar-refractivity contribution in [1.29, 1.82) is 0 Å². The zero-order chi connectivity index (χ0) is 33.5. The molecule has 0 spiro atoms. The molecule has 0 fully saturated rings. The Kier molecular flexibility index (Phi) is 11.7. The van der Waals surface area contributed by atoms with Gasteiger partial charge in [-0.1, -0.05) is 48.4 Å². The SMILES string of the molecule is CC[C@H](C(=O)NC(C)(C)C)N(Cc1cccc(C)c1)C(=O)CN(c1cc(Cl)ccc1OC)S(=O)(=O)c1ccc(OC)c(OC)c1. The zero-order valence-electron chi connectivity index (χ0n) is 27.0. The predicted molar refractivity (Wildman–Crippen MR) is 176 cm³/mol. The quantitative estimate of drug-likeness (QED) is 0.254. The number of aryl methyl sites for hydroxylation is 1. The monoisotopic (exact) mass is 659 g/mol. The van der Waals surface area contributed by atoms with E-state index in [0.29, 0.717) is 12.2 Å². The number of ether oxygens (including phenoxy) is 3. The molecule has 1 N–H and O–H groups in total. The minimum atomic E-state index is -4.44. The van der Waals surface area contributed by atoms with Crippen LogP contribution in [0.25, 0.3) is 0 Å². The number of sulfonamides is 1. The molecule has 0 saturated carbocycles. The Hall–Kier alpha value is -3.96. The molecule has 244 valence electrons. The number of halogens is 1. The van der Waals surface area contributed by atoms with Crippen molar-refractivity contribution < 1.29 is 32.2 Å². The number of anilines is 1. The standard InChI is InChI=1S/C33H42ClN3O7S/c1-9-26(32(39)35-33(3,4)5)36(20-23-12-10-11-22(2)17-23)31(38)21-37(27-18-24(34)13-15-28(27)42-6)45(40,41)25-14-16-29(43-7)30(19-25)44-8/h10-19,26H,9,20-21H2,1-8H3,(H,35,39)/t26-/m1/s1. The van der Waals surface area contributed by atoms with Crippen LogP contribution in [0.1, 0.15) is 45.2 Å². The van der Waals surface area contributed by atoms with E-state index in [2.05, 4.69) is 5.32 Å². The molecule has 2 amide bonds. The van der Waals surface area contributed by atoms with E-state index in [-0.39, 0.29) is 39.6 Å². The molecule has 10 nitrogen and oxygen atoms in total. The normalized spacial score (nSPS) is 12.2. The van der Waals surface area contributed by atoms with Gasteiger partial charge < -0.3 is 24.4 Å². The third-order valence-electron chi connectivity index (χ3n) is 6.95. The molecular formula is C33H42ClN3O7S. The lowest BCUT2D eigenvalue weighted by Crippen LogP contribution is -2.55. The van der Waals surface area contributed by atoms with Crippen LogP contribution in [0, 0.1) is 6.92 Å². The number of nitrogens with zero attached hydrogens (tertiary/aromatic N) is 2. The van der Waals surface area contributed by atoms with E-state index in [1.165, 1.54) is 56.6 Å². The second-order valence-corrected chi connectivity index (χ2v) is 13.8. The third-order valence-corrected chi connectivity index (χ3v) is 8.94. The summed E-state index contributed by atoms with van der Waals surface area (Å²) >= 11 is 6.34. The summed E-state index contributed by atoms with van der Waals surface area (Å²) in [5.41, 5.74) is 1.27.